The van der Waals surface area contributed by atoms with Crippen LogP contribution in [0.3, 0.4) is 0 Å². The van der Waals surface area contributed by atoms with E-state index in [0.717, 1.165) is 11.3 Å². The molecule has 20 heavy (non-hydrogen) atoms. The Morgan fingerprint density at radius 3 is 2.60 bits per heavy atom. The Bertz CT molecular complexity index is 621. The fourth-order valence-electron chi connectivity index (χ4n) is 1.89. The fourth-order valence-corrected chi connectivity index (χ4v) is 1.89. The largest absolute Gasteiger partial charge is 0.462 e. The molecule has 104 valence electrons. The molecule has 0 aliphatic heterocycles. The molecule has 2 rings (SSSR count). The second kappa shape index (κ2) is 6.24. The highest BCUT2D eigenvalue weighted by Crippen LogP contribution is 2.26. The minimum Gasteiger partial charge on any atom is -0.462 e. The predicted octanol–water partition coefficient (Wildman–Crippen LogP) is 4.33. The molecule has 3 nitrogen and oxygen atoms in total. The van der Waals surface area contributed by atoms with Crippen LogP contribution >= 0.6 is 0 Å². The van der Waals surface area contributed by atoms with Crippen molar-refractivity contribution in [1.82, 2.24) is 0 Å². The van der Waals surface area contributed by atoms with Crippen LogP contribution in [0.25, 0.3) is 6.08 Å². The molecule has 1 aromatic carbocycles. The molecule has 0 saturated heterocycles. The van der Waals surface area contributed by atoms with Gasteiger partial charge in [0.15, 0.2) is 0 Å². The maximum Gasteiger partial charge on any atom is 0.336 e. The van der Waals surface area contributed by atoms with Gasteiger partial charge in [-0.1, -0.05) is 32.0 Å². The molecule has 0 unspecified atom stereocenters. The van der Waals surface area contributed by atoms with Crippen molar-refractivity contribution in [2.45, 2.75) is 26.7 Å². The fraction of sp³-hybridized carbons (Fsp3) is 0.235. The van der Waals surface area contributed by atoms with Gasteiger partial charge >= 0.3 is 5.97 Å². The Morgan fingerprint density at radius 1 is 1.20 bits per heavy atom. The van der Waals surface area contributed by atoms with E-state index in [-0.39, 0.29) is 0 Å². The van der Waals surface area contributed by atoms with E-state index in [9.17, 15) is 4.79 Å². The molecule has 2 aromatic rings. The van der Waals surface area contributed by atoms with Crippen molar-refractivity contribution in [3.05, 3.63) is 59.6 Å². The summed E-state index contributed by atoms with van der Waals surface area (Å²) in [5, 5.41) is 0. The predicted molar refractivity (Wildman–Crippen MR) is 78.6 cm³/mol. The highest BCUT2D eigenvalue weighted by atomic mass is 16.5. The summed E-state index contributed by atoms with van der Waals surface area (Å²) in [4.78, 5) is 11.8. The van der Waals surface area contributed by atoms with Crippen LogP contribution in [-0.4, -0.2) is 5.97 Å². The van der Waals surface area contributed by atoms with Crippen LogP contribution < -0.4 is 4.74 Å². The normalized spacial score (nSPS) is 11.2. The van der Waals surface area contributed by atoms with Crippen molar-refractivity contribution < 1.29 is 13.9 Å². The van der Waals surface area contributed by atoms with Gasteiger partial charge in [-0.15, -0.1) is 0 Å². The van der Waals surface area contributed by atoms with Crippen LogP contribution in [0, 0.1) is 6.92 Å². The van der Waals surface area contributed by atoms with Gasteiger partial charge in [-0.2, -0.15) is 0 Å². The van der Waals surface area contributed by atoms with Crippen molar-refractivity contribution in [2.75, 3.05) is 0 Å². The highest BCUT2D eigenvalue weighted by molar-refractivity contribution is 5.88. The lowest BCUT2D eigenvalue weighted by Gasteiger charge is -2.11. The van der Waals surface area contributed by atoms with E-state index in [4.69, 9.17) is 9.15 Å². The first-order chi connectivity index (χ1) is 9.56. The minimum absolute atomic E-state index is 0.302. The van der Waals surface area contributed by atoms with Gasteiger partial charge < -0.3 is 9.15 Å². The van der Waals surface area contributed by atoms with E-state index < -0.39 is 5.97 Å². The van der Waals surface area contributed by atoms with Gasteiger partial charge in [0.05, 0.1) is 0 Å². The summed E-state index contributed by atoms with van der Waals surface area (Å²) < 4.78 is 10.7. The van der Waals surface area contributed by atoms with E-state index in [1.807, 2.05) is 31.2 Å². The molecule has 1 heterocycles. The van der Waals surface area contributed by atoms with Gasteiger partial charge in [-0.25, -0.2) is 4.79 Å². The average molecular weight is 270 g/mol. The van der Waals surface area contributed by atoms with Gasteiger partial charge in [0.2, 0.25) is 0 Å². The lowest BCUT2D eigenvalue weighted by Crippen LogP contribution is -2.06. The Balaban J connectivity index is 2.07. The van der Waals surface area contributed by atoms with Crippen molar-refractivity contribution in [2.24, 2.45) is 0 Å². The Labute approximate surface area is 118 Å². The monoisotopic (exact) mass is 270 g/mol. The molecular weight excluding hydrogens is 252 g/mol. The Morgan fingerprint density at radius 2 is 1.95 bits per heavy atom. The number of rotatable bonds is 4. The first-order valence-corrected chi connectivity index (χ1v) is 6.61. The first kappa shape index (κ1) is 14.1. The van der Waals surface area contributed by atoms with Crippen LogP contribution in [0.15, 0.2) is 46.9 Å². The second-order valence-electron chi connectivity index (χ2n) is 4.90. The molecule has 1 aromatic heterocycles. The third-order valence-electron chi connectivity index (χ3n) is 2.90. The van der Waals surface area contributed by atoms with E-state index in [1.54, 1.807) is 18.2 Å². The third-order valence-corrected chi connectivity index (χ3v) is 2.90. The van der Waals surface area contributed by atoms with Crippen LogP contribution in [-0.2, 0) is 4.79 Å². The molecule has 0 saturated carbocycles. The number of carbonyl (C=O) groups is 1. The summed E-state index contributed by atoms with van der Waals surface area (Å²) in [6.07, 6.45) is 2.97. The molecule has 0 aliphatic carbocycles. The number of aryl methyl sites for hydroxylation is 1. The van der Waals surface area contributed by atoms with Crippen molar-refractivity contribution >= 4 is 12.0 Å². The zero-order chi connectivity index (χ0) is 14.5. The van der Waals surface area contributed by atoms with Crippen molar-refractivity contribution in [3.63, 3.8) is 0 Å². The van der Waals surface area contributed by atoms with E-state index in [2.05, 4.69) is 13.8 Å². The number of furan rings is 1. The first-order valence-electron chi connectivity index (χ1n) is 6.61. The maximum absolute atomic E-state index is 11.8. The summed E-state index contributed by atoms with van der Waals surface area (Å²) in [7, 11) is 0. The third kappa shape index (κ3) is 3.60. The summed E-state index contributed by atoms with van der Waals surface area (Å²) >= 11 is 0. The second-order valence-corrected chi connectivity index (χ2v) is 4.90. The number of carbonyl (C=O) groups excluding carboxylic acids is 1. The lowest BCUT2D eigenvalue weighted by atomic mass is 10.0. The standard InChI is InChI=1S/C17H18O3/c1-12(2)15-6-4-5-7-16(15)20-17(18)11-10-14-9-8-13(3)19-14/h4-12H,1-3H3/b11-10+. The summed E-state index contributed by atoms with van der Waals surface area (Å²) in [6, 6.07) is 11.2. The minimum atomic E-state index is -0.410. The van der Waals surface area contributed by atoms with E-state index >= 15 is 0 Å². The Kier molecular flexibility index (Phi) is 4.41. The van der Waals surface area contributed by atoms with Crippen molar-refractivity contribution in [1.29, 1.82) is 0 Å². The molecule has 0 aliphatic rings. The highest BCUT2D eigenvalue weighted by Gasteiger charge is 2.09. The van der Waals surface area contributed by atoms with E-state index in [0.29, 0.717) is 17.4 Å². The SMILES string of the molecule is Cc1ccc(/C=C/C(=O)Oc2ccccc2C(C)C)o1. The lowest BCUT2D eigenvalue weighted by molar-refractivity contribution is -0.128. The molecule has 0 atom stereocenters. The number of benzene rings is 1. The number of hydrogen-bond acceptors (Lipinski definition) is 3. The average Bonchev–Trinajstić information content (AvgIpc) is 2.83. The van der Waals surface area contributed by atoms with Gasteiger partial charge in [0.25, 0.3) is 0 Å². The topological polar surface area (TPSA) is 39.4 Å². The Hall–Kier alpha value is -2.29. The number of para-hydroxylation sites is 1. The maximum atomic E-state index is 11.8. The molecule has 0 fully saturated rings. The number of ether oxygens (including phenoxy) is 1. The molecule has 0 spiro atoms. The number of hydrogen-bond donors (Lipinski definition) is 0. The zero-order valence-corrected chi connectivity index (χ0v) is 11.9. The summed E-state index contributed by atoms with van der Waals surface area (Å²) in [6.45, 7) is 5.98. The number of esters is 1. The van der Waals surface area contributed by atoms with Gasteiger partial charge in [0.1, 0.15) is 17.3 Å². The zero-order valence-electron chi connectivity index (χ0n) is 11.9. The molecule has 0 bridgehead atoms. The van der Waals surface area contributed by atoms with E-state index in [1.165, 1.54) is 6.08 Å². The smallest absolute Gasteiger partial charge is 0.336 e. The van der Waals surface area contributed by atoms with Crippen LogP contribution in [0.2, 0.25) is 0 Å². The van der Waals surface area contributed by atoms with Gasteiger partial charge in [-0.05, 0) is 42.7 Å². The van der Waals surface area contributed by atoms with Gasteiger partial charge in [-0.3, -0.25) is 0 Å². The molecule has 3 heteroatoms. The quantitative estimate of drug-likeness (QED) is 0.471. The van der Waals surface area contributed by atoms with Crippen LogP contribution in [0.5, 0.6) is 5.75 Å². The molecule has 0 radical (unpaired) electrons. The van der Waals surface area contributed by atoms with Crippen LogP contribution in [0.4, 0.5) is 0 Å². The van der Waals surface area contributed by atoms with Gasteiger partial charge in [0, 0.05) is 6.08 Å². The van der Waals surface area contributed by atoms with Crippen molar-refractivity contribution in [3.8, 4) is 5.75 Å². The summed E-state index contributed by atoms with van der Waals surface area (Å²) in [5.41, 5.74) is 1.02. The molecule has 0 N–H and O–H groups in total. The van der Waals surface area contributed by atoms with Crippen LogP contribution in [0.1, 0.15) is 36.8 Å². The molecule has 0 amide bonds. The molecular formula is C17H18O3. The summed E-state index contributed by atoms with van der Waals surface area (Å²) in [5.74, 6) is 1.94.